The predicted molar refractivity (Wildman–Crippen MR) is 54.2 cm³/mol. The van der Waals surface area contributed by atoms with Gasteiger partial charge >= 0.3 is 6.98 Å². The molecule has 0 bridgehead atoms. The van der Waals surface area contributed by atoms with Gasteiger partial charge in [0.25, 0.3) is 0 Å². The Balaban J connectivity index is 2.71. The fraction of sp³-hybridized carbons (Fsp3) is 0.222. The van der Waals surface area contributed by atoms with E-state index in [1.807, 2.05) is 0 Å². The van der Waals surface area contributed by atoms with E-state index >= 15 is 0 Å². The summed E-state index contributed by atoms with van der Waals surface area (Å²) in [5, 5.41) is 4.83. The average Bonchev–Trinajstić information content (AvgIpc) is 2.41. The number of hydrogen-bond donors (Lipinski definition) is 0. The van der Waals surface area contributed by atoms with Crippen molar-refractivity contribution >= 4 is 23.3 Å². The van der Waals surface area contributed by atoms with Crippen molar-refractivity contribution in [2.75, 3.05) is 0 Å². The Morgan fingerprint density at radius 3 is 2.53 bits per heavy atom. The van der Waals surface area contributed by atoms with E-state index in [9.17, 15) is 12.9 Å². The Hall–Kier alpha value is -1.46. The largest absolute Gasteiger partial charge is 0.509 e. The van der Waals surface area contributed by atoms with Crippen molar-refractivity contribution in [3.8, 4) is 0 Å². The second kappa shape index (κ2) is 3.02. The van der Waals surface area contributed by atoms with E-state index in [2.05, 4.69) is 5.10 Å². The molecule has 0 fully saturated rings. The molecule has 15 heavy (non-hydrogen) atoms. The second-order valence-corrected chi connectivity index (χ2v) is 3.56. The van der Waals surface area contributed by atoms with Crippen molar-refractivity contribution < 1.29 is 12.9 Å². The standard InChI is InChI=1S/C9H9BF3N2/c1-6-8-4-3-7(10(11,12)13)5-9(8)15(2)14-6/h3-5H,1-2H3/q-1. The maximum atomic E-state index is 12.5. The quantitative estimate of drug-likeness (QED) is 0.661. The van der Waals surface area contributed by atoms with E-state index in [-0.39, 0.29) is 0 Å². The van der Waals surface area contributed by atoms with Crippen molar-refractivity contribution in [3.63, 3.8) is 0 Å². The minimum atomic E-state index is -4.93. The highest BCUT2D eigenvalue weighted by atomic mass is 19.4. The number of nitrogens with zero attached hydrogens (tertiary/aromatic N) is 2. The van der Waals surface area contributed by atoms with Gasteiger partial charge in [-0.2, -0.15) is 5.10 Å². The van der Waals surface area contributed by atoms with Crippen LogP contribution in [0.5, 0.6) is 0 Å². The lowest BCUT2D eigenvalue weighted by molar-refractivity contribution is 0.501. The minimum absolute atomic E-state index is 0.518. The molecule has 0 unspecified atom stereocenters. The summed E-state index contributed by atoms with van der Waals surface area (Å²) in [6.07, 6.45) is 0. The third-order valence-electron chi connectivity index (χ3n) is 2.44. The van der Waals surface area contributed by atoms with Gasteiger partial charge in [-0.25, -0.2) is 0 Å². The third kappa shape index (κ3) is 1.60. The summed E-state index contributed by atoms with van der Waals surface area (Å²) in [4.78, 5) is 0. The summed E-state index contributed by atoms with van der Waals surface area (Å²) in [5.41, 5.74) is 0.684. The van der Waals surface area contributed by atoms with Crippen molar-refractivity contribution in [1.29, 1.82) is 0 Å². The maximum absolute atomic E-state index is 12.5. The number of halogens is 3. The molecule has 0 N–H and O–H groups in total. The van der Waals surface area contributed by atoms with Gasteiger partial charge in [0.15, 0.2) is 0 Å². The SMILES string of the molecule is Cc1nn(C)c2cc([B-](F)(F)F)ccc12. The van der Waals surface area contributed by atoms with Gasteiger partial charge in [-0.05, 0) is 6.92 Å². The predicted octanol–water partition coefficient (Wildman–Crippen LogP) is 1.94. The maximum Gasteiger partial charge on any atom is 0.509 e. The van der Waals surface area contributed by atoms with Crippen LogP contribution >= 0.6 is 0 Å². The summed E-state index contributed by atoms with van der Waals surface area (Å²) in [6.45, 7) is -3.15. The van der Waals surface area contributed by atoms with E-state index in [0.717, 1.165) is 23.2 Å². The summed E-state index contributed by atoms with van der Waals surface area (Å²) < 4.78 is 38.9. The highest BCUT2D eigenvalue weighted by Gasteiger charge is 2.25. The van der Waals surface area contributed by atoms with Crippen LogP contribution in [0, 0.1) is 6.92 Å². The first-order valence-electron chi connectivity index (χ1n) is 4.53. The van der Waals surface area contributed by atoms with Crippen LogP contribution in [-0.4, -0.2) is 16.8 Å². The molecule has 0 aliphatic heterocycles. The van der Waals surface area contributed by atoms with Crippen LogP contribution in [0.25, 0.3) is 10.9 Å². The first kappa shape index (κ1) is 10.1. The molecule has 0 spiro atoms. The molecule has 0 aliphatic carbocycles. The summed E-state index contributed by atoms with van der Waals surface area (Å²) >= 11 is 0. The fourth-order valence-corrected chi connectivity index (χ4v) is 1.66. The molecule has 1 aromatic heterocycles. The molecular weight excluding hydrogens is 204 g/mol. The van der Waals surface area contributed by atoms with Gasteiger partial charge in [0.2, 0.25) is 0 Å². The first-order valence-corrected chi connectivity index (χ1v) is 4.53. The monoisotopic (exact) mass is 213 g/mol. The molecule has 6 heteroatoms. The van der Waals surface area contributed by atoms with Gasteiger partial charge in [0, 0.05) is 12.4 Å². The second-order valence-electron chi connectivity index (χ2n) is 3.56. The van der Waals surface area contributed by atoms with Crippen LogP contribution in [-0.2, 0) is 7.05 Å². The topological polar surface area (TPSA) is 17.8 Å². The number of hydrogen-bond acceptors (Lipinski definition) is 1. The highest BCUT2D eigenvalue weighted by Crippen LogP contribution is 2.18. The Morgan fingerprint density at radius 1 is 1.27 bits per heavy atom. The van der Waals surface area contributed by atoms with Gasteiger partial charge in [-0.3, -0.25) is 4.68 Å². The number of aromatic nitrogens is 2. The van der Waals surface area contributed by atoms with Crippen LogP contribution in [0.15, 0.2) is 18.2 Å². The summed E-state index contributed by atoms with van der Waals surface area (Å²) in [6, 6.07) is 3.73. The van der Waals surface area contributed by atoms with Crippen molar-refractivity contribution in [3.05, 3.63) is 23.9 Å². The first-order chi connectivity index (χ1) is 6.89. The zero-order valence-electron chi connectivity index (χ0n) is 8.34. The fourth-order valence-electron chi connectivity index (χ4n) is 1.66. The molecule has 0 radical (unpaired) electrons. The molecule has 0 saturated heterocycles. The number of fused-ring (bicyclic) bond motifs is 1. The van der Waals surface area contributed by atoms with E-state index < -0.39 is 12.4 Å². The Morgan fingerprint density at radius 2 is 1.93 bits per heavy atom. The number of aryl methyl sites for hydroxylation is 2. The van der Waals surface area contributed by atoms with Crippen LogP contribution in [0.3, 0.4) is 0 Å². The molecule has 2 nitrogen and oxygen atoms in total. The van der Waals surface area contributed by atoms with Crippen molar-refractivity contribution in [2.45, 2.75) is 6.92 Å². The lowest BCUT2D eigenvalue weighted by atomic mass is 9.80. The lowest BCUT2D eigenvalue weighted by Crippen LogP contribution is -2.33. The molecule has 0 amide bonds. The molecule has 2 aromatic rings. The molecule has 0 saturated carbocycles. The van der Waals surface area contributed by atoms with E-state index in [4.69, 9.17) is 0 Å². The normalized spacial score (nSPS) is 12.3. The van der Waals surface area contributed by atoms with Crippen LogP contribution in [0.1, 0.15) is 5.69 Å². The third-order valence-corrected chi connectivity index (χ3v) is 2.44. The number of benzene rings is 1. The van der Waals surface area contributed by atoms with Crippen LogP contribution in [0.2, 0.25) is 0 Å². The van der Waals surface area contributed by atoms with Gasteiger partial charge in [0.1, 0.15) is 0 Å². The van der Waals surface area contributed by atoms with E-state index in [0.29, 0.717) is 5.52 Å². The minimum Gasteiger partial charge on any atom is -0.445 e. The van der Waals surface area contributed by atoms with E-state index in [1.165, 1.54) is 10.7 Å². The molecule has 80 valence electrons. The Labute approximate surface area is 84.8 Å². The lowest BCUT2D eigenvalue weighted by Gasteiger charge is -2.14. The summed E-state index contributed by atoms with van der Waals surface area (Å²) in [5.74, 6) is 0. The van der Waals surface area contributed by atoms with Crippen LogP contribution in [0.4, 0.5) is 12.9 Å². The van der Waals surface area contributed by atoms with E-state index in [1.54, 1.807) is 14.0 Å². The smallest absolute Gasteiger partial charge is 0.445 e. The molecule has 2 rings (SSSR count). The Kier molecular flexibility index (Phi) is 2.03. The van der Waals surface area contributed by atoms with Crippen molar-refractivity contribution in [2.24, 2.45) is 7.05 Å². The molecule has 1 heterocycles. The van der Waals surface area contributed by atoms with Crippen molar-refractivity contribution in [1.82, 2.24) is 9.78 Å². The summed E-state index contributed by atoms with van der Waals surface area (Å²) in [7, 11) is 1.64. The van der Waals surface area contributed by atoms with Gasteiger partial charge in [-0.1, -0.05) is 18.2 Å². The molecular formula is C9H9BF3N2-. The molecule has 0 aliphatic rings. The van der Waals surface area contributed by atoms with Gasteiger partial charge < -0.3 is 12.9 Å². The Bertz CT molecular complexity index is 516. The number of rotatable bonds is 1. The molecule has 0 atom stereocenters. The van der Waals surface area contributed by atoms with Gasteiger partial charge in [0.05, 0.1) is 11.2 Å². The average molecular weight is 213 g/mol. The zero-order valence-corrected chi connectivity index (χ0v) is 8.34. The van der Waals surface area contributed by atoms with Gasteiger partial charge in [-0.15, -0.1) is 5.46 Å². The molecule has 1 aromatic carbocycles. The van der Waals surface area contributed by atoms with Crippen LogP contribution < -0.4 is 5.46 Å². The highest BCUT2D eigenvalue weighted by molar-refractivity contribution is 6.73. The zero-order chi connectivity index (χ0) is 11.2.